The molecule has 2 rings (SSSR count). The minimum absolute atomic E-state index is 0.00451. The zero-order valence-corrected chi connectivity index (χ0v) is 13.6. The third-order valence-electron chi connectivity index (χ3n) is 5.15. The molecule has 0 aromatic rings. The molecule has 1 aliphatic heterocycles. The van der Waals surface area contributed by atoms with Crippen LogP contribution in [0.25, 0.3) is 0 Å². The van der Waals surface area contributed by atoms with Gasteiger partial charge in [-0.25, -0.2) is 0 Å². The van der Waals surface area contributed by atoms with Gasteiger partial charge in [-0.15, -0.1) is 0 Å². The Morgan fingerprint density at radius 1 is 1.15 bits per heavy atom. The van der Waals surface area contributed by atoms with Gasteiger partial charge in [-0.3, -0.25) is 4.79 Å². The third-order valence-corrected chi connectivity index (χ3v) is 5.15. The molecular formula is C17H32N2O. The van der Waals surface area contributed by atoms with Crippen LogP contribution in [-0.2, 0) is 4.79 Å². The quantitative estimate of drug-likeness (QED) is 0.862. The van der Waals surface area contributed by atoms with Crippen LogP contribution >= 0.6 is 0 Å². The molecule has 0 bridgehead atoms. The van der Waals surface area contributed by atoms with Crippen LogP contribution in [0.15, 0.2) is 0 Å². The lowest BCUT2D eigenvalue weighted by Crippen LogP contribution is -2.44. The zero-order chi connectivity index (χ0) is 14.8. The van der Waals surface area contributed by atoms with Gasteiger partial charge in [0.15, 0.2) is 0 Å². The van der Waals surface area contributed by atoms with E-state index in [-0.39, 0.29) is 17.4 Å². The largest absolute Gasteiger partial charge is 0.343 e. The Balaban J connectivity index is 1.77. The van der Waals surface area contributed by atoms with Gasteiger partial charge in [-0.05, 0) is 42.9 Å². The van der Waals surface area contributed by atoms with Gasteiger partial charge in [0, 0.05) is 25.6 Å². The second kappa shape index (κ2) is 6.05. The van der Waals surface area contributed by atoms with Crippen molar-refractivity contribution in [2.75, 3.05) is 13.1 Å². The van der Waals surface area contributed by atoms with Crippen molar-refractivity contribution < 1.29 is 4.79 Å². The molecule has 3 nitrogen and oxygen atoms in total. The van der Waals surface area contributed by atoms with E-state index in [1.807, 2.05) is 0 Å². The summed E-state index contributed by atoms with van der Waals surface area (Å²) in [6.45, 7) is 8.47. The topological polar surface area (TPSA) is 46.3 Å². The summed E-state index contributed by atoms with van der Waals surface area (Å²) < 4.78 is 0. The molecule has 1 heterocycles. The van der Waals surface area contributed by atoms with Gasteiger partial charge in [0.2, 0.25) is 5.91 Å². The van der Waals surface area contributed by atoms with Gasteiger partial charge < -0.3 is 10.6 Å². The molecule has 1 spiro atoms. The molecule has 1 unspecified atom stereocenters. The van der Waals surface area contributed by atoms with Crippen LogP contribution < -0.4 is 5.73 Å². The standard InChI is InChI=1S/C17H32N2O/c1-16(2,3)13-14(18)12-15(20)19-10-8-17(9-11-19)6-4-5-7-17/h14H,4-13,18H2,1-3H3. The number of hydrogen-bond donors (Lipinski definition) is 1. The average molecular weight is 280 g/mol. The van der Waals surface area contributed by atoms with Crippen LogP contribution in [-0.4, -0.2) is 29.9 Å². The molecule has 1 aliphatic carbocycles. The van der Waals surface area contributed by atoms with Crippen molar-refractivity contribution in [2.45, 2.75) is 78.2 Å². The number of rotatable bonds is 3. The van der Waals surface area contributed by atoms with E-state index in [1.54, 1.807) is 0 Å². The molecule has 1 amide bonds. The number of nitrogens with two attached hydrogens (primary N) is 1. The summed E-state index contributed by atoms with van der Waals surface area (Å²) in [5.74, 6) is 0.273. The van der Waals surface area contributed by atoms with Crippen LogP contribution in [0.2, 0.25) is 0 Å². The maximum absolute atomic E-state index is 12.3. The first-order chi connectivity index (χ1) is 9.30. The van der Waals surface area contributed by atoms with E-state index in [1.165, 1.54) is 38.5 Å². The highest BCUT2D eigenvalue weighted by Gasteiger charge is 2.38. The van der Waals surface area contributed by atoms with E-state index in [4.69, 9.17) is 5.73 Å². The Labute approximate surface area is 124 Å². The summed E-state index contributed by atoms with van der Waals surface area (Å²) >= 11 is 0. The fraction of sp³-hybridized carbons (Fsp3) is 0.941. The number of carbonyl (C=O) groups excluding carboxylic acids is 1. The first-order valence-corrected chi connectivity index (χ1v) is 8.33. The highest BCUT2D eigenvalue weighted by Crippen LogP contribution is 2.46. The molecule has 1 saturated carbocycles. The molecule has 116 valence electrons. The van der Waals surface area contributed by atoms with Crippen molar-refractivity contribution in [1.29, 1.82) is 0 Å². The molecule has 2 aliphatic rings. The van der Waals surface area contributed by atoms with Gasteiger partial charge >= 0.3 is 0 Å². The number of likely N-dealkylation sites (tertiary alicyclic amines) is 1. The van der Waals surface area contributed by atoms with Crippen molar-refractivity contribution in [3.05, 3.63) is 0 Å². The van der Waals surface area contributed by atoms with E-state index in [0.717, 1.165) is 19.5 Å². The molecule has 2 fully saturated rings. The van der Waals surface area contributed by atoms with Gasteiger partial charge in [-0.1, -0.05) is 33.6 Å². The lowest BCUT2D eigenvalue weighted by atomic mass is 9.77. The zero-order valence-electron chi connectivity index (χ0n) is 13.6. The highest BCUT2D eigenvalue weighted by molar-refractivity contribution is 5.76. The Bertz CT molecular complexity index is 329. The van der Waals surface area contributed by atoms with Crippen LogP contribution in [0.1, 0.15) is 72.1 Å². The Morgan fingerprint density at radius 2 is 1.70 bits per heavy atom. The predicted octanol–water partition coefficient (Wildman–Crippen LogP) is 3.32. The molecule has 0 radical (unpaired) electrons. The number of nitrogens with zero attached hydrogens (tertiary/aromatic N) is 1. The van der Waals surface area contributed by atoms with E-state index in [2.05, 4.69) is 25.7 Å². The number of hydrogen-bond acceptors (Lipinski definition) is 2. The molecule has 1 atom stereocenters. The molecule has 2 N–H and O–H groups in total. The third kappa shape index (κ3) is 4.21. The molecule has 0 aromatic carbocycles. The summed E-state index contributed by atoms with van der Waals surface area (Å²) in [7, 11) is 0. The van der Waals surface area contributed by atoms with Crippen molar-refractivity contribution in [1.82, 2.24) is 4.90 Å². The van der Waals surface area contributed by atoms with E-state index in [9.17, 15) is 4.79 Å². The highest BCUT2D eigenvalue weighted by atomic mass is 16.2. The van der Waals surface area contributed by atoms with Crippen molar-refractivity contribution in [2.24, 2.45) is 16.6 Å². The summed E-state index contributed by atoms with van der Waals surface area (Å²) in [4.78, 5) is 14.4. The lowest BCUT2D eigenvalue weighted by molar-refractivity contribution is -0.134. The SMILES string of the molecule is CC(C)(C)CC(N)CC(=O)N1CCC2(CCCC2)CC1. The van der Waals surface area contributed by atoms with E-state index < -0.39 is 0 Å². The monoisotopic (exact) mass is 280 g/mol. The van der Waals surface area contributed by atoms with Gasteiger partial charge in [-0.2, -0.15) is 0 Å². The van der Waals surface area contributed by atoms with Crippen LogP contribution in [0, 0.1) is 10.8 Å². The fourth-order valence-electron chi connectivity index (χ4n) is 4.07. The lowest BCUT2D eigenvalue weighted by Gasteiger charge is -2.39. The second-order valence-electron chi connectivity index (χ2n) is 8.32. The first-order valence-electron chi connectivity index (χ1n) is 8.33. The minimum atomic E-state index is 0.00451. The summed E-state index contributed by atoms with van der Waals surface area (Å²) in [5.41, 5.74) is 6.93. The summed E-state index contributed by atoms with van der Waals surface area (Å²) in [5, 5.41) is 0. The van der Waals surface area contributed by atoms with E-state index in [0.29, 0.717) is 11.8 Å². The van der Waals surface area contributed by atoms with Gasteiger partial charge in [0.25, 0.3) is 0 Å². The van der Waals surface area contributed by atoms with Crippen molar-refractivity contribution >= 4 is 5.91 Å². The number of amides is 1. The van der Waals surface area contributed by atoms with Crippen molar-refractivity contribution in [3.63, 3.8) is 0 Å². The van der Waals surface area contributed by atoms with Crippen LogP contribution in [0.4, 0.5) is 0 Å². The average Bonchev–Trinajstić information content (AvgIpc) is 2.75. The molecular weight excluding hydrogens is 248 g/mol. The molecule has 0 aromatic heterocycles. The summed E-state index contributed by atoms with van der Waals surface area (Å²) in [6, 6.07) is 0.00451. The number of carbonyl (C=O) groups is 1. The van der Waals surface area contributed by atoms with E-state index >= 15 is 0 Å². The van der Waals surface area contributed by atoms with Crippen LogP contribution in [0.3, 0.4) is 0 Å². The van der Waals surface area contributed by atoms with Gasteiger partial charge in [0.05, 0.1) is 0 Å². The Morgan fingerprint density at radius 3 is 2.20 bits per heavy atom. The molecule has 1 saturated heterocycles. The maximum atomic E-state index is 12.3. The van der Waals surface area contributed by atoms with Crippen molar-refractivity contribution in [3.8, 4) is 0 Å². The number of piperidine rings is 1. The minimum Gasteiger partial charge on any atom is -0.343 e. The normalized spacial score (nSPS) is 24.1. The maximum Gasteiger partial charge on any atom is 0.224 e. The van der Waals surface area contributed by atoms with Gasteiger partial charge in [0.1, 0.15) is 0 Å². The second-order valence-corrected chi connectivity index (χ2v) is 8.32. The smallest absolute Gasteiger partial charge is 0.224 e. The Hall–Kier alpha value is -0.570. The predicted molar refractivity (Wildman–Crippen MR) is 83.4 cm³/mol. The first kappa shape index (κ1) is 15.8. The van der Waals surface area contributed by atoms with Crippen LogP contribution in [0.5, 0.6) is 0 Å². The summed E-state index contributed by atoms with van der Waals surface area (Å²) in [6.07, 6.45) is 9.42. The fourth-order valence-corrected chi connectivity index (χ4v) is 4.07. The molecule has 3 heteroatoms. The Kier molecular flexibility index (Phi) is 4.78. The molecule has 20 heavy (non-hydrogen) atoms.